The number of benzene rings is 4. The number of fused-ring (bicyclic) bond motifs is 3. The molecule has 0 saturated carbocycles. The summed E-state index contributed by atoms with van der Waals surface area (Å²) >= 11 is 6.36. The second-order valence-electron chi connectivity index (χ2n) is 9.33. The van der Waals surface area contributed by atoms with Crippen molar-refractivity contribution in [1.82, 2.24) is 15.0 Å². The lowest BCUT2D eigenvalue weighted by Crippen LogP contribution is -2.00. The van der Waals surface area contributed by atoms with Crippen molar-refractivity contribution in [2.45, 2.75) is 12.8 Å². The molecule has 7 rings (SSSR count). The molecule has 4 nitrogen and oxygen atoms in total. The van der Waals surface area contributed by atoms with Gasteiger partial charge in [-0.05, 0) is 48.2 Å². The second-order valence-corrected chi connectivity index (χ2v) is 9.77. The standard InChI is InChI=1S/C33H22ClN3O/c34-25-18-19-28-27(20-25)30-26(12-7-13-29(30)38-28)33-36-31(23-10-5-2-6-11-23)35-32(37-33)24-16-14-22(15-17-24)21-8-3-1-4-9-21/h1-3,5-8,10-20H,4,9H2. The first-order valence-electron chi connectivity index (χ1n) is 12.6. The van der Waals surface area contributed by atoms with Gasteiger partial charge in [0.1, 0.15) is 11.2 Å². The van der Waals surface area contributed by atoms with Gasteiger partial charge in [0.15, 0.2) is 17.5 Å². The minimum Gasteiger partial charge on any atom is -0.456 e. The minimum atomic E-state index is 0.589. The maximum atomic E-state index is 6.36. The first kappa shape index (κ1) is 22.6. The summed E-state index contributed by atoms with van der Waals surface area (Å²) in [7, 11) is 0. The number of rotatable bonds is 4. The van der Waals surface area contributed by atoms with Gasteiger partial charge in [-0.2, -0.15) is 0 Å². The van der Waals surface area contributed by atoms with Crippen molar-refractivity contribution in [2.24, 2.45) is 0 Å². The molecule has 1 aliphatic carbocycles. The molecule has 0 bridgehead atoms. The molecule has 4 aromatic carbocycles. The molecule has 0 atom stereocenters. The fraction of sp³-hybridized carbons (Fsp3) is 0.0606. The van der Waals surface area contributed by atoms with Crippen LogP contribution in [0.25, 0.3) is 61.7 Å². The quantitative estimate of drug-likeness (QED) is 0.237. The van der Waals surface area contributed by atoms with Crippen molar-refractivity contribution in [3.05, 3.63) is 120 Å². The number of aromatic nitrogens is 3. The molecule has 0 aliphatic heterocycles. The highest BCUT2D eigenvalue weighted by Gasteiger charge is 2.18. The largest absolute Gasteiger partial charge is 0.456 e. The van der Waals surface area contributed by atoms with Crippen LogP contribution < -0.4 is 0 Å². The predicted octanol–water partition coefficient (Wildman–Crippen LogP) is 9.16. The van der Waals surface area contributed by atoms with Crippen molar-refractivity contribution in [3.63, 3.8) is 0 Å². The molecule has 38 heavy (non-hydrogen) atoms. The van der Waals surface area contributed by atoms with Crippen LogP contribution in [0.1, 0.15) is 18.4 Å². The van der Waals surface area contributed by atoms with Crippen LogP contribution in [0.3, 0.4) is 0 Å². The van der Waals surface area contributed by atoms with Gasteiger partial charge in [0.2, 0.25) is 0 Å². The normalized spacial score (nSPS) is 13.2. The zero-order valence-electron chi connectivity index (χ0n) is 20.4. The summed E-state index contributed by atoms with van der Waals surface area (Å²) < 4.78 is 6.13. The summed E-state index contributed by atoms with van der Waals surface area (Å²) in [5.74, 6) is 1.84. The molecule has 2 aromatic heterocycles. The third-order valence-electron chi connectivity index (χ3n) is 6.89. The van der Waals surface area contributed by atoms with Gasteiger partial charge in [-0.15, -0.1) is 0 Å². The molecule has 1 aliphatic rings. The van der Waals surface area contributed by atoms with E-state index in [2.05, 4.69) is 42.5 Å². The van der Waals surface area contributed by atoms with E-state index in [0.29, 0.717) is 22.5 Å². The molecule has 2 heterocycles. The van der Waals surface area contributed by atoms with Crippen LogP contribution in [0.2, 0.25) is 5.02 Å². The van der Waals surface area contributed by atoms with Gasteiger partial charge in [-0.3, -0.25) is 0 Å². The first-order chi connectivity index (χ1) is 18.7. The van der Waals surface area contributed by atoms with Crippen LogP contribution in [-0.2, 0) is 0 Å². The van der Waals surface area contributed by atoms with Crippen LogP contribution in [0.15, 0.2) is 114 Å². The van der Waals surface area contributed by atoms with Gasteiger partial charge in [0.05, 0.1) is 0 Å². The van der Waals surface area contributed by atoms with Gasteiger partial charge >= 0.3 is 0 Å². The zero-order valence-corrected chi connectivity index (χ0v) is 21.2. The molecule has 5 heteroatoms. The highest BCUT2D eigenvalue weighted by Crippen LogP contribution is 2.37. The van der Waals surface area contributed by atoms with E-state index in [4.69, 9.17) is 31.0 Å². The van der Waals surface area contributed by atoms with E-state index in [1.807, 2.05) is 66.7 Å². The summed E-state index contributed by atoms with van der Waals surface area (Å²) in [5, 5.41) is 2.53. The summed E-state index contributed by atoms with van der Waals surface area (Å²) in [6.07, 6.45) is 8.65. The molecule has 0 fully saturated rings. The van der Waals surface area contributed by atoms with E-state index < -0.39 is 0 Å². The van der Waals surface area contributed by atoms with Crippen LogP contribution in [0.5, 0.6) is 0 Å². The van der Waals surface area contributed by atoms with E-state index in [1.165, 1.54) is 11.1 Å². The lowest BCUT2D eigenvalue weighted by atomic mass is 9.96. The first-order valence-corrected chi connectivity index (χ1v) is 13.0. The van der Waals surface area contributed by atoms with Gasteiger partial charge in [-0.1, -0.05) is 96.6 Å². The van der Waals surface area contributed by atoms with E-state index in [9.17, 15) is 0 Å². The average molecular weight is 512 g/mol. The Bertz CT molecular complexity index is 1870. The van der Waals surface area contributed by atoms with Crippen molar-refractivity contribution in [1.29, 1.82) is 0 Å². The topological polar surface area (TPSA) is 51.8 Å². The van der Waals surface area contributed by atoms with Crippen LogP contribution >= 0.6 is 11.6 Å². The third kappa shape index (κ3) is 4.09. The average Bonchev–Trinajstić information content (AvgIpc) is 3.36. The maximum Gasteiger partial charge on any atom is 0.164 e. The number of hydrogen-bond donors (Lipinski definition) is 0. The molecule has 0 spiro atoms. The second kappa shape index (κ2) is 9.40. The van der Waals surface area contributed by atoms with E-state index in [-0.39, 0.29) is 0 Å². The number of halogens is 1. The fourth-order valence-electron chi connectivity index (χ4n) is 5.00. The smallest absolute Gasteiger partial charge is 0.164 e. The summed E-state index contributed by atoms with van der Waals surface area (Å²) in [6.45, 7) is 0. The van der Waals surface area contributed by atoms with Crippen LogP contribution in [-0.4, -0.2) is 15.0 Å². The highest BCUT2D eigenvalue weighted by atomic mass is 35.5. The minimum absolute atomic E-state index is 0.589. The molecular formula is C33H22ClN3O. The van der Waals surface area contributed by atoms with Crippen LogP contribution in [0, 0.1) is 0 Å². The fourth-order valence-corrected chi connectivity index (χ4v) is 5.18. The number of allylic oxidation sites excluding steroid dienone is 4. The molecule has 6 aromatic rings. The number of furan rings is 1. The predicted molar refractivity (Wildman–Crippen MR) is 155 cm³/mol. The van der Waals surface area contributed by atoms with Crippen LogP contribution in [0.4, 0.5) is 0 Å². The van der Waals surface area contributed by atoms with Gasteiger partial charge in [0, 0.05) is 32.5 Å². The summed E-state index contributed by atoms with van der Waals surface area (Å²) in [5.41, 5.74) is 6.85. The van der Waals surface area contributed by atoms with E-state index in [1.54, 1.807) is 0 Å². The third-order valence-corrected chi connectivity index (χ3v) is 7.13. The molecule has 0 unspecified atom stereocenters. The number of hydrogen-bond acceptors (Lipinski definition) is 4. The molecular weight excluding hydrogens is 490 g/mol. The Morgan fingerprint density at radius 2 is 1.39 bits per heavy atom. The lowest BCUT2D eigenvalue weighted by molar-refractivity contribution is 0.669. The van der Waals surface area contributed by atoms with Gasteiger partial charge in [0.25, 0.3) is 0 Å². The number of nitrogens with zero attached hydrogens (tertiary/aromatic N) is 3. The molecule has 0 N–H and O–H groups in total. The Balaban J connectivity index is 1.42. The SMILES string of the molecule is Clc1ccc2oc3cccc(-c4nc(-c5ccccc5)nc(-c5ccc(C6=CC=CCC6)cc5)n4)c3c2c1. The van der Waals surface area contributed by atoms with E-state index >= 15 is 0 Å². The lowest BCUT2D eigenvalue weighted by Gasteiger charge is -2.11. The van der Waals surface area contributed by atoms with Gasteiger partial charge < -0.3 is 4.42 Å². The zero-order chi connectivity index (χ0) is 25.5. The highest BCUT2D eigenvalue weighted by molar-refractivity contribution is 6.32. The Labute approximate surface area is 225 Å². The van der Waals surface area contributed by atoms with Crippen molar-refractivity contribution < 1.29 is 4.42 Å². The Morgan fingerprint density at radius 3 is 2.16 bits per heavy atom. The molecule has 0 saturated heterocycles. The van der Waals surface area contributed by atoms with Crippen molar-refractivity contribution in [2.75, 3.05) is 0 Å². The molecule has 0 amide bonds. The Morgan fingerprint density at radius 1 is 0.658 bits per heavy atom. The summed E-state index contributed by atoms with van der Waals surface area (Å²) in [4.78, 5) is 14.8. The summed E-state index contributed by atoms with van der Waals surface area (Å²) in [6, 6.07) is 30.1. The molecule has 182 valence electrons. The van der Waals surface area contributed by atoms with E-state index in [0.717, 1.165) is 51.5 Å². The Hall–Kier alpha value is -4.54. The van der Waals surface area contributed by atoms with Crippen molar-refractivity contribution >= 4 is 39.1 Å². The monoisotopic (exact) mass is 511 g/mol. The maximum absolute atomic E-state index is 6.36. The Kier molecular flexibility index (Phi) is 5.60. The van der Waals surface area contributed by atoms with Crippen molar-refractivity contribution in [3.8, 4) is 34.2 Å². The van der Waals surface area contributed by atoms with Gasteiger partial charge in [-0.25, -0.2) is 15.0 Å². The molecule has 0 radical (unpaired) electrons.